The minimum atomic E-state index is 0.254. The van der Waals surface area contributed by atoms with Gasteiger partial charge in [-0.2, -0.15) is 0 Å². The Balaban J connectivity index is 2.06. The summed E-state index contributed by atoms with van der Waals surface area (Å²) in [6.45, 7) is 2.04. The molecule has 0 unspecified atom stereocenters. The first kappa shape index (κ1) is 13.1. The van der Waals surface area contributed by atoms with Gasteiger partial charge in [0.25, 0.3) is 0 Å². The van der Waals surface area contributed by atoms with E-state index in [9.17, 15) is 4.79 Å². The largest absolute Gasteiger partial charge is 0.293 e. The van der Waals surface area contributed by atoms with Crippen LogP contribution in [0.2, 0.25) is 0 Å². The van der Waals surface area contributed by atoms with Gasteiger partial charge in [0.2, 0.25) is 0 Å². The van der Waals surface area contributed by atoms with Gasteiger partial charge in [-0.05, 0) is 34.9 Å². The molecule has 1 aromatic heterocycles. The second kappa shape index (κ2) is 5.59. The summed E-state index contributed by atoms with van der Waals surface area (Å²) in [5, 5.41) is 2.48. The smallest absolute Gasteiger partial charge is 0.172 e. The van der Waals surface area contributed by atoms with Crippen LogP contribution in [0.15, 0.2) is 54.6 Å². The Hall–Kier alpha value is -1.93. The second-order valence-electron chi connectivity index (χ2n) is 4.86. The van der Waals surface area contributed by atoms with Crippen molar-refractivity contribution in [3.63, 3.8) is 0 Å². The maximum atomic E-state index is 12.0. The zero-order valence-corrected chi connectivity index (χ0v) is 12.2. The van der Waals surface area contributed by atoms with E-state index in [1.54, 1.807) is 11.3 Å². The number of fused-ring (bicyclic) bond motifs is 1. The average molecular weight is 280 g/mol. The van der Waals surface area contributed by atoms with E-state index in [0.29, 0.717) is 6.42 Å². The SMILES string of the molecule is CCCC(=O)c1ccc(-c2cccc3ccccc23)s1. The quantitative estimate of drug-likeness (QED) is 0.572. The summed E-state index contributed by atoms with van der Waals surface area (Å²) in [7, 11) is 0. The summed E-state index contributed by atoms with van der Waals surface area (Å²) in [5.74, 6) is 0.254. The lowest BCUT2D eigenvalue weighted by Crippen LogP contribution is -1.93. The van der Waals surface area contributed by atoms with Gasteiger partial charge in [-0.25, -0.2) is 0 Å². The molecule has 3 aromatic rings. The van der Waals surface area contributed by atoms with E-state index in [1.807, 2.05) is 13.0 Å². The van der Waals surface area contributed by atoms with Crippen LogP contribution in [0.3, 0.4) is 0 Å². The van der Waals surface area contributed by atoms with Crippen LogP contribution in [0.25, 0.3) is 21.2 Å². The molecule has 0 radical (unpaired) electrons. The Labute approximate surface area is 122 Å². The minimum absolute atomic E-state index is 0.254. The lowest BCUT2D eigenvalue weighted by atomic mass is 10.0. The van der Waals surface area contributed by atoms with E-state index in [4.69, 9.17) is 0 Å². The number of rotatable bonds is 4. The number of benzene rings is 2. The van der Waals surface area contributed by atoms with E-state index in [2.05, 4.69) is 48.5 Å². The summed E-state index contributed by atoms with van der Waals surface area (Å²) in [4.78, 5) is 14.0. The number of Topliss-reactive ketones (excluding diaryl/α,β-unsaturated/α-hetero) is 1. The maximum Gasteiger partial charge on any atom is 0.172 e. The summed E-state index contributed by atoms with van der Waals surface area (Å²) in [6.07, 6.45) is 1.54. The van der Waals surface area contributed by atoms with Gasteiger partial charge >= 0.3 is 0 Å². The zero-order chi connectivity index (χ0) is 13.9. The predicted octanol–water partition coefficient (Wildman–Crippen LogP) is 5.55. The van der Waals surface area contributed by atoms with Crippen molar-refractivity contribution in [2.24, 2.45) is 0 Å². The Morgan fingerprint density at radius 1 is 1.00 bits per heavy atom. The lowest BCUT2D eigenvalue weighted by Gasteiger charge is -2.03. The molecule has 3 rings (SSSR count). The highest BCUT2D eigenvalue weighted by Crippen LogP contribution is 2.34. The van der Waals surface area contributed by atoms with E-state index in [0.717, 1.165) is 11.3 Å². The predicted molar refractivity (Wildman–Crippen MR) is 86.5 cm³/mol. The van der Waals surface area contributed by atoms with Crippen LogP contribution in [0, 0.1) is 0 Å². The van der Waals surface area contributed by atoms with Crippen LogP contribution in [-0.2, 0) is 0 Å². The summed E-state index contributed by atoms with van der Waals surface area (Å²) >= 11 is 1.60. The lowest BCUT2D eigenvalue weighted by molar-refractivity contribution is 0.0985. The van der Waals surface area contributed by atoms with Crippen LogP contribution in [0.5, 0.6) is 0 Å². The molecule has 0 N–H and O–H groups in total. The average Bonchev–Trinajstić information content (AvgIpc) is 2.97. The van der Waals surface area contributed by atoms with E-state index < -0.39 is 0 Å². The van der Waals surface area contributed by atoms with Crippen molar-refractivity contribution in [1.29, 1.82) is 0 Å². The van der Waals surface area contributed by atoms with Crippen LogP contribution < -0.4 is 0 Å². The number of hydrogen-bond donors (Lipinski definition) is 0. The van der Waals surface area contributed by atoms with Gasteiger partial charge in [-0.15, -0.1) is 11.3 Å². The van der Waals surface area contributed by atoms with Gasteiger partial charge in [0.15, 0.2) is 5.78 Å². The fourth-order valence-electron chi connectivity index (χ4n) is 2.42. The molecule has 0 amide bonds. The molecular formula is C18H16OS. The first-order valence-corrected chi connectivity index (χ1v) is 7.72. The van der Waals surface area contributed by atoms with Gasteiger partial charge < -0.3 is 0 Å². The molecule has 0 aliphatic rings. The van der Waals surface area contributed by atoms with Crippen molar-refractivity contribution in [2.75, 3.05) is 0 Å². The highest BCUT2D eigenvalue weighted by molar-refractivity contribution is 7.17. The van der Waals surface area contributed by atoms with E-state index in [-0.39, 0.29) is 5.78 Å². The number of hydrogen-bond acceptors (Lipinski definition) is 2. The molecule has 1 nitrogen and oxygen atoms in total. The van der Waals surface area contributed by atoms with Gasteiger partial charge in [-0.3, -0.25) is 4.79 Å². The van der Waals surface area contributed by atoms with Crippen molar-refractivity contribution in [1.82, 2.24) is 0 Å². The maximum absolute atomic E-state index is 12.0. The molecular weight excluding hydrogens is 264 g/mol. The van der Waals surface area contributed by atoms with Gasteiger partial charge in [-0.1, -0.05) is 49.4 Å². The van der Waals surface area contributed by atoms with Crippen molar-refractivity contribution in [3.05, 3.63) is 59.5 Å². The molecule has 0 aliphatic carbocycles. The van der Waals surface area contributed by atoms with Gasteiger partial charge in [0.1, 0.15) is 0 Å². The number of ketones is 1. The molecule has 0 aliphatic heterocycles. The molecule has 0 saturated heterocycles. The summed E-state index contributed by atoms with van der Waals surface area (Å²) in [6, 6.07) is 18.7. The van der Waals surface area contributed by atoms with E-state index >= 15 is 0 Å². The van der Waals surface area contributed by atoms with Crippen molar-refractivity contribution in [2.45, 2.75) is 19.8 Å². The summed E-state index contributed by atoms with van der Waals surface area (Å²) < 4.78 is 0. The monoisotopic (exact) mass is 280 g/mol. The normalized spacial score (nSPS) is 10.8. The van der Waals surface area contributed by atoms with Crippen LogP contribution in [-0.4, -0.2) is 5.78 Å². The Morgan fingerprint density at radius 2 is 1.80 bits per heavy atom. The van der Waals surface area contributed by atoms with Crippen LogP contribution in [0.1, 0.15) is 29.4 Å². The van der Waals surface area contributed by atoms with Gasteiger partial charge in [0.05, 0.1) is 4.88 Å². The standard InChI is InChI=1S/C18H16OS/c1-2-6-16(19)18-12-11-17(20-18)15-10-5-8-13-7-3-4-9-14(13)15/h3-5,7-12H,2,6H2,1H3. The fraction of sp³-hybridized carbons (Fsp3) is 0.167. The number of thiophene rings is 1. The van der Waals surface area contributed by atoms with Crippen LogP contribution in [0.4, 0.5) is 0 Å². The number of carbonyl (C=O) groups excluding carboxylic acids is 1. The van der Waals surface area contributed by atoms with Crippen molar-refractivity contribution in [3.8, 4) is 10.4 Å². The minimum Gasteiger partial charge on any atom is -0.293 e. The zero-order valence-electron chi connectivity index (χ0n) is 11.4. The molecule has 2 heteroatoms. The van der Waals surface area contributed by atoms with Crippen LogP contribution >= 0.6 is 11.3 Å². The summed E-state index contributed by atoms with van der Waals surface area (Å²) in [5.41, 5.74) is 1.21. The third-order valence-electron chi connectivity index (χ3n) is 3.41. The second-order valence-corrected chi connectivity index (χ2v) is 5.95. The molecule has 0 spiro atoms. The molecule has 100 valence electrons. The Bertz CT molecular complexity index is 749. The molecule has 0 saturated carbocycles. The highest BCUT2D eigenvalue weighted by Gasteiger charge is 2.11. The third-order valence-corrected chi connectivity index (χ3v) is 4.57. The molecule has 0 atom stereocenters. The fourth-order valence-corrected chi connectivity index (χ4v) is 3.44. The molecule has 0 fully saturated rings. The molecule has 1 heterocycles. The van der Waals surface area contributed by atoms with E-state index in [1.165, 1.54) is 21.2 Å². The Kier molecular flexibility index (Phi) is 3.66. The highest BCUT2D eigenvalue weighted by atomic mass is 32.1. The number of carbonyl (C=O) groups is 1. The molecule has 2 aromatic carbocycles. The first-order valence-electron chi connectivity index (χ1n) is 6.91. The first-order chi connectivity index (χ1) is 9.79. The van der Waals surface area contributed by atoms with Crippen molar-refractivity contribution >= 4 is 27.9 Å². The topological polar surface area (TPSA) is 17.1 Å². The molecule has 0 bridgehead atoms. The van der Waals surface area contributed by atoms with Gasteiger partial charge in [0, 0.05) is 11.3 Å². The third kappa shape index (κ3) is 2.39. The molecule has 20 heavy (non-hydrogen) atoms. The van der Waals surface area contributed by atoms with Crippen molar-refractivity contribution < 1.29 is 4.79 Å². The Morgan fingerprint density at radius 3 is 2.65 bits per heavy atom.